The smallest absolute Gasteiger partial charge is 0.338 e. The van der Waals surface area contributed by atoms with Gasteiger partial charge in [-0.05, 0) is 67.9 Å². The monoisotopic (exact) mass is 629 g/mol. The predicted octanol–water partition coefficient (Wildman–Crippen LogP) is 4.73. The van der Waals surface area contributed by atoms with Crippen LogP contribution in [-0.2, 0) is 19.1 Å². The number of carbonyl (C=O) groups is 4. The maximum Gasteiger partial charge on any atom is 0.338 e. The van der Waals surface area contributed by atoms with E-state index in [-0.39, 0.29) is 24.0 Å². The molecule has 3 amide bonds. The minimum Gasteiger partial charge on any atom is -0.484 e. The molecule has 6 rings (SSSR count). The van der Waals surface area contributed by atoms with Gasteiger partial charge in [-0.2, -0.15) is 0 Å². The molecule has 2 aliphatic rings. The van der Waals surface area contributed by atoms with E-state index in [1.54, 1.807) is 37.3 Å². The highest BCUT2D eigenvalue weighted by Gasteiger charge is 2.56. The van der Waals surface area contributed by atoms with Crippen LogP contribution in [0.25, 0.3) is 0 Å². The van der Waals surface area contributed by atoms with Gasteiger partial charge in [0.15, 0.2) is 6.61 Å². The largest absolute Gasteiger partial charge is 0.484 e. The SMILES string of the molecule is CCOC(=O)c1ccc(N2C(=O)[C@H]3[C@H](c4cccc(OCC(=O)Nc5ccc(C)cc5)c4)c4sc(=O)[nH]c4S[C@H]3C2=O)cc1. The second kappa shape index (κ2) is 12.1. The Morgan fingerprint density at radius 2 is 1.73 bits per heavy atom. The van der Waals surface area contributed by atoms with Gasteiger partial charge in [-0.15, -0.1) is 0 Å². The van der Waals surface area contributed by atoms with Gasteiger partial charge in [0.25, 0.3) is 5.91 Å². The number of aryl methyl sites for hydroxylation is 1. The van der Waals surface area contributed by atoms with Crippen LogP contribution < -0.4 is 19.8 Å². The van der Waals surface area contributed by atoms with Gasteiger partial charge >= 0.3 is 10.8 Å². The van der Waals surface area contributed by atoms with E-state index in [4.69, 9.17) is 9.47 Å². The first-order valence-corrected chi connectivity index (χ1v) is 15.6. The number of aromatic amines is 1. The average Bonchev–Trinajstić information content (AvgIpc) is 3.51. The highest BCUT2D eigenvalue weighted by molar-refractivity contribution is 8.00. The summed E-state index contributed by atoms with van der Waals surface area (Å²) in [4.78, 5) is 69.1. The minimum absolute atomic E-state index is 0.227. The third-order valence-corrected chi connectivity index (χ3v) is 9.78. The first kappa shape index (κ1) is 29.4. The van der Waals surface area contributed by atoms with Gasteiger partial charge in [-0.3, -0.25) is 19.2 Å². The van der Waals surface area contributed by atoms with Crippen molar-refractivity contribution in [2.75, 3.05) is 23.4 Å². The fourth-order valence-electron chi connectivity index (χ4n) is 5.37. The molecule has 3 atom stereocenters. The van der Waals surface area contributed by atoms with E-state index >= 15 is 0 Å². The number of thiazole rings is 1. The standard InChI is InChI=1S/C32H27N3O7S2/c1-3-41-31(39)18-9-13-21(14-10-18)35-29(37)25-24(26-28(34-32(40)44-26)43-27(25)30(35)38)19-5-4-6-22(15-19)42-16-23(36)33-20-11-7-17(2)8-12-20/h4-15,24-25,27H,3,16H2,1-2H3,(H,33,36)(H,34,40)/t24-,25-,27+/m0/s1. The van der Waals surface area contributed by atoms with Crippen LogP contribution in [0, 0.1) is 12.8 Å². The molecule has 0 bridgehead atoms. The zero-order valence-electron chi connectivity index (χ0n) is 23.7. The van der Waals surface area contributed by atoms with E-state index in [0.29, 0.717) is 38.2 Å². The number of carbonyl (C=O) groups excluding carboxylic acids is 4. The summed E-state index contributed by atoms with van der Waals surface area (Å²) in [5.74, 6) is -2.63. The summed E-state index contributed by atoms with van der Waals surface area (Å²) in [6.45, 7) is 3.66. The second-order valence-corrected chi connectivity index (χ2v) is 12.5. The van der Waals surface area contributed by atoms with E-state index < -0.39 is 34.9 Å². The molecule has 2 aliphatic heterocycles. The van der Waals surface area contributed by atoms with Gasteiger partial charge in [0.2, 0.25) is 11.8 Å². The van der Waals surface area contributed by atoms with Crippen molar-refractivity contribution in [3.8, 4) is 5.75 Å². The number of amides is 3. The summed E-state index contributed by atoms with van der Waals surface area (Å²) in [7, 11) is 0. The van der Waals surface area contributed by atoms with E-state index in [2.05, 4.69) is 10.3 Å². The molecule has 0 saturated carbocycles. The lowest BCUT2D eigenvalue weighted by atomic mass is 9.83. The summed E-state index contributed by atoms with van der Waals surface area (Å²) in [5, 5.41) is 2.57. The molecule has 0 spiro atoms. The molecular weight excluding hydrogens is 603 g/mol. The number of esters is 1. The Labute approximate surface area is 260 Å². The summed E-state index contributed by atoms with van der Waals surface area (Å²) in [5.41, 5.74) is 3.06. The first-order chi connectivity index (χ1) is 21.2. The van der Waals surface area contributed by atoms with Gasteiger partial charge in [0.05, 0.1) is 28.8 Å². The molecule has 1 fully saturated rings. The number of rotatable bonds is 8. The predicted molar refractivity (Wildman–Crippen MR) is 167 cm³/mol. The number of H-pyrrole nitrogens is 1. The van der Waals surface area contributed by atoms with Crippen LogP contribution in [0.15, 0.2) is 82.6 Å². The number of ether oxygens (including phenoxy) is 2. The molecule has 2 N–H and O–H groups in total. The van der Waals surface area contributed by atoms with Crippen LogP contribution >= 0.6 is 23.1 Å². The van der Waals surface area contributed by atoms with Crippen LogP contribution in [-0.4, -0.2) is 47.1 Å². The number of anilines is 2. The number of nitrogens with one attached hydrogen (secondary N) is 2. The summed E-state index contributed by atoms with van der Waals surface area (Å²) < 4.78 is 10.8. The van der Waals surface area contributed by atoms with Crippen molar-refractivity contribution in [3.63, 3.8) is 0 Å². The third-order valence-electron chi connectivity index (χ3n) is 7.38. The Morgan fingerprint density at radius 3 is 2.45 bits per heavy atom. The molecule has 0 radical (unpaired) electrons. The normalized spacial score (nSPS) is 18.9. The third kappa shape index (κ3) is 5.65. The molecule has 4 aromatic rings. The molecule has 3 aromatic carbocycles. The lowest BCUT2D eigenvalue weighted by Gasteiger charge is -2.30. The summed E-state index contributed by atoms with van der Waals surface area (Å²) >= 11 is 2.18. The van der Waals surface area contributed by atoms with Crippen LogP contribution in [0.4, 0.5) is 11.4 Å². The molecule has 0 aliphatic carbocycles. The Kier molecular flexibility index (Phi) is 8.11. The van der Waals surface area contributed by atoms with Crippen molar-refractivity contribution in [2.45, 2.75) is 30.0 Å². The average molecular weight is 630 g/mol. The van der Waals surface area contributed by atoms with Crippen molar-refractivity contribution < 1.29 is 28.7 Å². The Morgan fingerprint density at radius 1 is 0.977 bits per heavy atom. The van der Waals surface area contributed by atoms with Gasteiger partial charge in [-0.25, -0.2) is 9.69 Å². The number of aromatic nitrogens is 1. The van der Waals surface area contributed by atoms with Gasteiger partial charge in [-0.1, -0.05) is 52.9 Å². The van der Waals surface area contributed by atoms with Crippen molar-refractivity contribution >= 4 is 58.2 Å². The van der Waals surface area contributed by atoms with Crippen LogP contribution in [0.5, 0.6) is 5.75 Å². The fourth-order valence-corrected chi connectivity index (χ4v) is 7.89. The molecule has 10 nitrogen and oxygen atoms in total. The van der Waals surface area contributed by atoms with Gasteiger partial charge in [0.1, 0.15) is 11.0 Å². The lowest BCUT2D eigenvalue weighted by Crippen LogP contribution is -2.32. The number of hydrogen-bond donors (Lipinski definition) is 2. The van der Waals surface area contributed by atoms with E-state index in [1.807, 2.05) is 37.3 Å². The van der Waals surface area contributed by atoms with E-state index in [1.165, 1.54) is 23.9 Å². The highest BCUT2D eigenvalue weighted by Crippen LogP contribution is 2.53. The molecule has 1 aromatic heterocycles. The van der Waals surface area contributed by atoms with Crippen molar-refractivity contribution in [1.82, 2.24) is 4.98 Å². The molecular formula is C32H27N3O7S2. The minimum atomic E-state index is -0.795. The zero-order valence-corrected chi connectivity index (χ0v) is 25.3. The Hall–Kier alpha value is -4.68. The lowest BCUT2D eigenvalue weighted by molar-refractivity contribution is -0.122. The van der Waals surface area contributed by atoms with Crippen LogP contribution in [0.1, 0.15) is 39.2 Å². The first-order valence-electron chi connectivity index (χ1n) is 13.9. The molecule has 44 heavy (non-hydrogen) atoms. The molecule has 0 unspecified atom stereocenters. The zero-order chi connectivity index (χ0) is 31.0. The summed E-state index contributed by atoms with van der Waals surface area (Å²) in [6.07, 6.45) is 0. The molecule has 3 heterocycles. The number of fused-ring (bicyclic) bond motifs is 2. The van der Waals surface area contributed by atoms with Gasteiger partial charge < -0.3 is 19.8 Å². The fraction of sp³-hybridized carbons (Fsp3) is 0.219. The second-order valence-electron chi connectivity index (χ2n) is 10.3. The number of hydrogen-bond acceptors (Lipinski definition) is 9. The van der Waals surface area contributed by atoms with E-state index in [0.717, 1.165) is 21.8 Å². The van der Waals surface area contributed by atoms with Crippen molar-refractivity contribution in [1.29, 1.82) is 0 Å². The number of thioether (sulfide) groups is 1. The Bertz CT molecular complexity index is 1810. The van der Waals surface area contributed by atoms with Crippen molar-refractivity contribution in [3.05, 3.63) is 104 Å². The molecule has 12 heteroatoms. The summed E-state index contributed by atoms with van der Waals surface area (Å²) in [6, 6.07) is 20.6. The molecule has 224 valence electrons. The van der Waals surface area contributed by atoms with Crippen LogP contribution in [0.2, 0.25) is 0 Å². The molecule has 1 saturated heterocycles. The quantitative estimate of drug-likeness (QED) is 0.211. The highest BCUT2D eigenvalue weighted by atomic mass is 32.2. The maximum absolute atomic E-state index is 14.0. The van der Waals surface area contributed by atoms with Crippen molar-refractivity contribution in [2.24, 2.45) is 5.92 Å². The number of benzene rings is 3. The number of imide groups is 1. The van der Waals surface area contributed by atoms with Gasteiger partial charge in [0, 0.05) is 16.5 Å². The topological polar surface area (TPSA) is 135 Å². The maximum atomic E-state index is 14.0. The van der Waals surface area contributed by atoms with Crippen LogP contribution in [0.3, 0.4) is 0 Å². The Balaban J connectivity index is 1.26. The number of nitrogens with zero attached hydrogens (tertiary/aromatic N) is 1. The van der Waals surface area contributed by atoms with E-state index in [9.17, 15) is 24.0 Å².